The van der Waals surface area contributed by atoms with Gasteiger partial charge < -0.3 is 4.74 Å². The molecular formula is C23H18Cl2O2. The van der Waals surface area contributed by atoms with Crippen LogP contribution in [-0.2, 0) is 5.41 Å². The van der Waals surface area contributed by atoms with E-state index in [1.807, 2.05) is 73.7 Å². The number of methoxy groups -OCH3 is 1. The lowest BCUT2D eigenvalue weighted by Gasteiger charge is -2.31. The van der Waals surface area contributed by atoms with E-state index in [1.54, 1.807) is 7.11 Å². The fraction of sp³-hybridized carbons (Fsp3) is 0.174. The van der Waals surface area contributed by atoms with Gasteiger partial charge in [0, 0.05) is 11.5 Å². The number of ether oxygens (including phenoxy) is 1. The first-order valence-corrected chi connectivity index (χ1v) is 9.47. The first-order valence-electron chi connectivity index (χ1n) is 8.71. The summed E-state index contributed by atoms with van der Waals surface area (Å²) in [6, 6.07) is 21.7. The lowest BCUT2D eigenvalue weighted by molar-refractivity contribution is 0.0905. The summed E-state index contributed by atoms with van der Waals surface area (Å²) in [6.07, 6.45) is 0. The van der Waals surface area contributed by atoms with Crippen molar-refractivity contribution in [3.8, 4) is 5.75 Å². The van der Waals surface area contributed by atoms with Crippen molar-refractivity contribution in [3.63, 3.8) is 0 Å². The fourth-order valence-corrected chi connectivity index (χ4v) is 4.68. The molecule has 1 aliphatic rings. The van der Waals surface area contributed by atoms with Gasteiger partial charge in [-0.3, -0.25) is 4.79 Å². The predicted molar refractivity (Wildman–Crippen MR) is 109 cm³/mol. The maximum Gasteiger partial charge on any atom is 0.175 e. The zero-order valence-corrected chi connectivity index (χ0v) is 16.5. The molecule has 0 amide bonds. The van der Waals surface area contributed by atoms with E-state index < -0.39 is 5.41 Å². The van der Waals surface area contributed by atoms with E-state index in [1.165, 1.54) is 0 Å². The summed E-state index contributed by atoms with van der Waals surface area (Å²) >= 11 is 12.9. The molecule has 0 bridgehead atoms. The molecule has 0 saturated heterocycles. The molecule has 0 heterocycles. The van der Waals surface area contributed by atoms with Gasteiger partial charge in [0.2, 0.25) is 0 Å². The van der Waals surface area contributed by atoms with Crippen molar-refractivity contribution >= 4 is 29.0 Å². The minimum Gasteiger partial charge on any atom is -0.495 e. The van der Waals surface area contributed by atoms with Gasteiger partial charge in [-0.2, -0.15) is 0 Å². The number of Topliss-reactive ketones (excluding diaryl/α,β-unsaturated/α-hetero) is 1. The third-order valence-corrected chi connectivity index (χ3v) is 6.37. The van der Waals surface area contributed by atoms with Gasteiger partial charge in [-0.25, -0.2) is 0 Å². The number of ketones is 1. The van der Waals surface area contributed by atoms with Crippen LogP contribution in [0.15, 0.2) is 66.7 Å². The van der Waals surface area contributed by atoms with Crippen molar-refractivity contribution < 1.29 is 9.53 Å². The number of carbonyl (C=O) groups is 1. The Kier molecular flexibility index (Phi) is 4.49. The van der Waals surface area contributed by atoms with E-state index in [2.05, 4.69) is 0 Å². The first kappa shape index (κ1) is 18.1. The van der Waals surface area contributed by atoms with Gasteiger partial charge in [0.25, 0.3) is 0 Å². The standard InChI is InChI=1S/C23H18Cl2O2/c1-23(15-11-7-4-8-12-15)19(14-9-5-3-6-10-14)16-13-17(27-2)20(24)21(25)18(16)22(23)26/h3-13,19H,1-2H3. The highest BCUT2D eigenvalue weighted by molar-refractivity contribution is 6.45. The molecule has 0 radical (unpaired) electrons. The first-order chi connectivity index (χ1) is 13.0. The fourth-order valence-electron chi connectivity index (χ4n) is 4.17. The number of rotatable bonds is 3. The minimum atomic E-state index is -0.787. The normalized spacial score (nSPS) is 21.2. The van der Waals surface area contributed by atoms with Crippen LogP contribution in [0.3, 0.4) is 0 Å². The Labute approximate surface area is 168 Å². The van der Waals surface area contributed by atoms with Crippen molar-refractivity contribution in [1.82, 2.24) is 0 Å². The molecule has 0 aromatic heterocycles. The van der Waals surface area contributed by atoms with Gasteiger partial charge in [0.1, 0.15) is 10.8 Å². The zero-order chi connectivity index (χ0) is 19.2. The molecule has 136 valence electrons. The van der Waals surface area contributed by atoms with E-state index in [4.69, 9.17) is 27.9 Å². The van der Waals surface area contributed by atoms with Crippen molar-refractivity contribution in [2.24, 2.45) is 0 Å². The molecule has 3 aromatic carbocycles. The molecule has 2 atom stereocenters. The summed E-state index contributed by atoms with van der Waals surface area (Å²) in [5.41, 5.74) is 2.55. The maximum atomic E-state index is 13.7. The summed E-state index contributed by atoms with van der Waals surface area (Å²) < 4.78 is 5.42. The van der Waals surface area contributed by atoms with Crippen LogP contribution in [0.4, 0.5) is 0 Å². The lowest BCUT2D eigenvalue weighted by atomic mass is 9.69. The van der Waals surface area contributed by atoms with Gasteiger partial charge in [0.15, 0.2) is 5.78 Å². The number of hydrogen-bond donors (Lipinski definition) is 0. The number of benzene rings is 3. The molecule has 3 aromatic rings. The van der Waals surface area contributed by atoms with E-state index in [0.29, 0.717) is 11.3 Å². The number of halogens is 2. The lowest BCUT2D eigenvalue weighted by Crippen LogP contribution is -2.33. The van der Waals surface area contributed by atoms with Crippen LogP contribution < -0.4 is 4.74 Å². The van der Waals surface area contributed by atoms with Crippen molar-refractivity contribution in [1.29, 1.82) is 0 Å². The Hall–Kier alpha value is -2.29. The molecule has 0 aliphatic heterocycles. The summed E-state index contributed by atoms with van der Waals surface area (Å²) in [7, 11) is 1.55. The van der Waals surface area contributed by atoms with E-state index >= 15 is 0 Å². The van der Waals surface area contributed by atoms with Gasteiger partial charge in [-0.15, -0.1) is 0 Å². The second kappa shape index (κ2) is 6.70. The summed E-state index contributed by atoms with van der Waals surface area (Å²) in [5, 5.41) is 0.534. The van der Waals surface area contributed by atoms with Crippen molar-refractivity contribution in [2.75, 3.05) is 7.11 Å². The molecule has 0 saturated carbocycles. The van der Waals surface area contributed by atoms with Crippen LogP contribution in [0.1, 0.15) is 39.9 Å². The zero-order valence-electron chi connectivity index (χ0n) is 15.0. The minimum absolute atomic E-state index is 0.0212. The molecule has 27 heavy (non-hydrogen) atoms. The highest BCUT2D eigenvalue weighted by atomic mass is 35.5. The Morgan fingerprint density at radius 3 is 2.11 bits per heavy atom. The van der Waals surface area contributed by atoms with Crippen LogP contribution in [0.2, 0.25) is 10.0 Å². The highest BCUT2D eigenvalue weighted by Crippen LogP contribution is 2.55. The number of carbonyl (C=O) groups excluding carboxylic acids is 1. The molecule has 0 spiro atoms. The van der Waals surface area contributed by atoms with E-state index in [0.717, 1.165) is 16.7 Å². The van der Waals surface area contributed by atoms with E-state index in [-0.39, 0.29) is 21.7 Å². The van der Waals surface area contributed by atoms with Crippen molar-refractivity contribution in [2.45, 2.75) is 18.3 Å². The summed E-state index contributed by atoms with van der Waals surface area (Å²) in [4.78, 5) is 13.7. The van der Waals surface area contributed by atoms with Crippen LogP contribution in [-0.4, -0.2) is 12.9 Å². The smallest absolute Gasteiger partial charge is 0.175 e. The average molecular weight is 397 g/mol. The number of fused-ring (bicyclic) bond motifs is 1. The van der Waals surface area contributed by atoms with E-state index in [9.17, 15) is 4.79 Å². The summed E-state index contributed by atoms with van der Waals surface area (Å²) in [5.74, 6) is 0.269. The van der Waals surface area contributed by atoms with Crippen LogP contribution in [0.5, 0.6) is 5.75 Å². The molecular weight excluding hydrogens is 379 g/mol. The molecule has 4 heteroatoms. The third-order valence-electron chi connectivity index (χ3n) is 5.52. The predicted octanol–water partition coefficient (Wildman–Crippen LogP) is 6.29. The van der Waals surface area contributed by atoms with Gasteiger partial charge in [-0.05, 0) is 29.7 Å². The number of hydrogen-bond acceptors (Lipinski definition) is 2. The topological polar surface area (TPSA) is 26.3 Å². The Morgan fingerprint density at radius 1 is 0.926 bits per heavy atom. The van der Waals surface area contributed by atoms with Gasteiger partial charge in [-0.1, -0.05) is 83.9 Å². The monoisotopic (exact) mass is 396 g/mol. The SMILES string of the molecule is COc1cc2c(c(Cl)c1Cl)C(=O)C(C)(c1ccccc1)C2c1ccccc1. The largest absolute Gasteiger partial charge is 0.495 e. The molecule has 4 rings (SSSR count). The van der Waals surface area contributed by atoms with Gasteiger partial charge in [0.05, 0.1) is 17.5 Å². The molecule has 2 unspecified atom stereocenters. The van der Waals surface area contributed by atoms with Crippen LogP contribution >= 0.6 is 23.2 Å². The highest BCUT2D eigenvalue weighted by Gasteiger charge is 2.53. The molecule has 0 N–H and O–H groups in total. The summed E-state index contributed by atoms with van der Waals surface area (Å²) in [6.45, 7) is 1.99. The molecule has 1 aliphatic carbocycles. The maximum absolute atomic E-state index is 13.7. The molecule has 2 nitrogen and oxygen atoms in total. The Bertz CT molecular complexity index is 1020. The van der Waals surface area contributed by atoms with Crippen LogP contribution in [0, 0.1) is 0 Å². The van der Waals surface area contributed by atoms with Crippen molar-refractivity contribution in [3.05, 3.63) is 99.0 Å². The second-order valence-corrected chi connectivity index (χ2v) is 7.67. The Morgan fingerprint density at radius 2 is 1.52 bits per heavy atom. The average Bonchev–Trinajstić information content (AvgIpc) is 2.94. The van der Waals surface area contributed by atoms with Crippen LogP contribution in [0.25, 0.3) is 0 Å². The third kappa shape index (κ3) is 2.59. The Balaban J connectivity index is 2.06. The molecule has 0 fully saturated rings. The quantitative estimate of drug-likeness (QED) is 0.519. The second-order valence-electron chi connectivity index (χ2n) is 6.91. The van der Waals surface area contributed by atoms with Gasteiger partial charge >= 0.3 is 0 Å².